The third-order valence-electron chi connectivity index (χ3n) is 4.44. The fraction of sp³-hybridized carbons (Fsp3) is 0.412. The molecule has 1 aromatic carbocycles. The summed E-state index contributed by atoms with van der Waals surface area (Å²) in [7, 11) is -3.22. The van der Waals surface area contributed by atoms with Crippen LogP contribution in [0.3, 0.4) is 0 Å². The number of piperidine rings is 1. The van der Waals surface area contributed by atoms with Crippen LogP contribution < -0.4 is 4.80 Å². The molecule has 0 atom stereocenters. The number of benzene rings is 1. The van der Waals surface area contributed by atoms with E-state index >= 15 is 0 Å². The SMILES string of the molecule is CS(=O)(=O)N1CCC(C(=O)N=c2sccn2Cc2ccccc2F)CC1. The van der Waals surface area contributed by atoms with E-state index in [0.717, 1.165) is 0 Å². The summed E-state index contributed by atoms with van der Waals surface area (Å²) >= 11 is 1.32. The molecule has 1 amide bonds. The van der Waals surface area contributed by atoms with Crippen molar-refractivity contribution in [1.29, 1.82) is 0 Å². The van der Waals surface area contributed by atoms with Crippen molar-refractivity contribution in [3.8, 4) is 0 Å². The zero-order chi connectivity index (χ0) is 18.7. The number of carbonyl (C=O) groups excluding carboxylic acids is 1. The highest BCUT2D eigenvalue weighted by Gasteiger charge is 2.28. The molecular weight excluding hydrogens is 377 g/mol. The van der Waals surface area contributed by atoms with Gasteiger partial charge in [-0.3, -0.25) is 4.79 Å². The van der Waals surface area contributed by atoms with Crippen LogP contribution in [0.4, 0.5) is 4.39 Å². The maximum atomic E-state index is 13.8. The lowest BCUT2D eigenvalue weighted by Crippen LogP contribution is -2.39. The van der Waals surface area contributed by atoms with Crippen molar-refractivity contribution < 1.29 is 17.6 Å². The molecule has 0 radical (unpaired) electrons. The minimum absolute atomic E-state index is 0.247. The zero-order valence-corrected chi connectivity index (χ0v) is 16.0. The monoisotopic (exact) mass is 397 g/mol. The van der Waals surface area contributed by atoms with Crippen LogP contribution in [0.2, 0.25) is 0 Å². The lowest BCUT2D eigenvalue weighted by Gasteiger charge is -2.28. The minimum Gasteiger partial charge on any atom is -0.319 e. The maximum absolute atomic E-state index is 13.8. The lowest BCUT2D eigenvalue weighted by molar-refractivity contribution is -0.122. The molecule has 1 aromatic heterocycles. The number of amides is 1. The maximum Gasteiger partial charge on any atom is 0.251 e. The van der Waals surface area contributed by atoms with Gasteiger partial charge in [-0.05, 0) is 18.9 Å². The molecule has 1 fully saturated rings. The zero-order valence-electron chi connectivity index (χ0n) is 14.3. The molecule has 9 heteroatoms. The summed E-state index contributed by atoms with van der Waals surface area (Å²) < 4.78 is 40.1. The predicted octanol–water partition coefficient (Wildman–Crippen LogP) is 1.84. The van der Waals surface area contributed by atoms with Crippen molar-refractivity contribution >= 4 is 27.3 Å². The first-order valence-electron chi connectivity index (χ1n) is 8.25. The molecule has 1 saturated heterocycles. The first kappa shape index (κ1) is 18.9. The molecule has 0 N–H and O–H groups in total. The van der Waals surface area contributed by atoms with Crippen molar-refractivity contribution in [2.24, 2.45) is 10.9 Å². The lowest BCUT2D eigenvalue weighted by atomic mass is 9.98. The third kappa shape index (κ3) is 4.46. The van der Waals surface area contributed by atoms with E-state index in [1.54, 1.807) is 34.3 Å². The van der Waals surface area contributed by atoms with Crippen LogP contribution in [0.15, 0.2) is 40.8 Å². The normalized spacial score (nSPS) is 17.5. The smallest absolute Gasteiger partial charge is 0.251 e. The Bertz CT molecular complexity index is 957. The number of aromatic nitrogens is 1. The Hall–Kier alpha value is -1.84. The predicted molar refractivity (Wildman–Crippen MR) is 97.5 cm³/mol. The number of thiazole rings is 1. The Morgan fingerprint density at radius 1 is 1.31 bits per heavy atom. The molecule has 0 aliphatic carbocycles. The largest absolute Gasteiger partial charge is 0.319 e. The Balaban J connectivity index is 1.72. The molecule has 2 heterocycles. The van der Waals surface area contributed by atoms with Gasteiger partial charge in [0.25, 0.3) is 5.91 Å². The van der Waals surface area contributed by atoms with Gasteiger partial charge in [-0.1, -0.05) is 18.2 Å². The molecule has 1 aliphatic rings. The average Bonchev–Trinajstić information content (AvgIpc) is 3.03. The number of nitrogens with zero attached hydrogens (tertiary/aromatic N) is 3. The highest BCUT2D eigenvalue weighted by Crippen LogP contribution is 2.20. The molecule has 3 rings (SSSR count). The third-order valence-corrected chi connectivity index (χ3v) is 6.53. The van der Waals surface area contributed by atoms with Crippen LogP contribution in [0.5, 0.6) is 0 Å². The van der Waals surface area contributed by atoms with Crippen molar-refractivity contribution in [3.63, 3.8) is 0 Å². The summed E-state index contributed by atoms with van der Waals surface area (Å²) in [6.45, 7) is 0.976. The molecule has 0 saturated carbocycles. The second-order valence-corrected chi connectivity index (χ2v) is 9.15. The molecule has 1 aliphatic heterocycles. The second-order valence-electron chi connectivity index (χ2n) is 6.29. The summed E-state index contributed by atoms with van der Waals surface area (Å²) in [6.07, 6.45) is 3.88. The van der Waals surface area contributed by atoms with Crippen LogP contribution >= 0.6 is 11.3 Å². The molecule has 0 unspecified atom stereocenters. The van der Waals surface area contributed by atoms with Gasteiger partial charge in [0.15, 0.2) is 4.80 Å². The highest BCUT2D eigenvalue weighted by atomic mass is 32.2. The number of halogens is 1. The van der Waals surface area contributed by atoms with E-state index in [-0.39, 0.29) is 17.6 Å². The number of sulfonamides is 1. The van der Waals surface area contributed by atoms with Gasteiger partial charge in [0.05, 0.1) is 12.8 Å². The quantitative estimate of drug-likeness (QED) is 0.790. The second kappa shape index (κ2) is 7.81. The van der Waals surface area contributed by atoms with Gasteiger partial charge in [-0.25, -0.2) is 17.1 Å². The molecule has 6 nitrogen and oxygen atoms in total. The Morgan fingerprint density at radius 2 is 2.00 bits per heavy atom. The summed E-state index contributed by atoms with van der Waals surface area (Å²) in [4.78, 5) is 17.2. The minimum atomic E-state index is -3.22. The summed E-state index contributed by atoms with van der Waals surface area (Å²) in [5, 5.41) is 1.80. The van der Waals surface area contributed by atoms with Gasteiger partial charge in [-0.15, -0.1) is 11.3 Å². The molecular formula is C17H20FN3O3S2. The van der Waals surface area contributed by atoms with Crippen LogP contribution in [-0.4, -0.2) is 42.5 Å². The molecule has 2 aromatic rings. The number of hydrogen-bond acceptors (Lipinski definition) is 4. The Labute approximate surface area is 155 Å². The van der Waals surface area contributed by atoms with Gasteiger partial charge >= 0.3 is 0 Å². The highest BCUT2D eigenvalue weighted by molar-refractivity contribution is 7.88. The number of carbonyl (C=O) groups is 1. The average molecular weight is 397 g/mol. The fourth-order valence-corrected chi connectivity index (χ4v) is 4.54. The summed E-state index contributed by atoms with van der Waals surface area (Å²) in [6, 6.07) is 6.50. The molecule has 140 valence electrons. The van der Waals surface area contributed by atoms with E-state index in [1.165, 1.54) is 28.0 Å². The van der Waals surface area contributed by atoms with E-state index in [4.69, 9.17) is 0 Å². The van der Waals surface area contributed by atoms with Gasteiger partial charge < -0.3 is 4.57 Å². The molecule has 0 spiro atoms. The summed E-state index contributed by atoms with van der Waals surface area (Å²) in [5.74, 6) is -0.823. The molecule has 0 bridgehead atoms. The van der Waals surface area contributed by atoms with Crippen LogP contribution in [0.1, 0.15) is 18.4 Å². The van der Waals surface area contributed by atoms with E-state index < -0.39 is 10.0 Å². The van der Waals surface area contributed by atoms with E-state index in [0.29, 0.717) is 42.8 Å². The Morgan fingerprint density at radius 3 is 2.65 bits per heavy atom. The van der Waals surface area contributed by atoms with Crippen molar-refractivity contribution in [1.82, 2.24) is 8.87 Å². The van der Waals surface area contributed by atoms with Gasteiger partial charge in [0, 0.05) is 36.1 Å². The van der Waals surface area contributed by atoms with Gasteiger partial charge in [-0.2, -0.15) is 4.99 Å². The van der Waals surface area contributed by atoms with Crippen molar-refractivity contribution in [2.45, 2.75) is 19.4 Å². The topological polar surface area (TPSA) is 71.7 Å². The van der Waals surface area contributed by atoms with E-state index in [1.807, 2.05) is 0 Å². The number of rotatable bonds is 4. The van der Waals surface area contributed by atoms with Crippen molar-refractivity contribution in [3.05, 3.63) is 52.0 Å². The van der Waals surface area contributed by atoms with Crippen LogP contribution in [-0.2, 0) is 21.4 Å². The van der Waals surface area contributed by atoms with E-state index in [9.17, 15) is 17.6 Å². The Kier molecular flexibility index (Phi) is 5.69. The first-order valence-corrected chi connectivity index (χ1v) is 11.0. The molecule has 26 heavy (non-hydrogen) atoms. The van der Waals surface area contributed by atoms with Gasteiger partial charge in [0.1, 0.15) is 5.82 Å². The number of hydrogen-bond donors (Lipinski definition) is 0. The van der Waals surface area contributed by atoms with Gasteiger partial charge in [0.2, 0.25) is 10.0 Å². The van der Waals surface area contributed by atoms with Crippen LogP contribution in [0, 0.1) is 11.7 Å². The first-order chi connectivity index (χ1) is 12.3. The standard InChI is InChI=1S/C17H20FN3O3S2/c1-26(23,24)21-8-6-13(7-9-21)16(22)19-17-20(10-11-25-17)12-14-4-2-3-5-15(14)18/h2-5,10-11,13H,6-9,12H2,1H3. The van der Waals surface area contributed by atoms with Crippen molar-refractivity contribution in [2.75, 3.05) is 19.3 Å². The van der Waals surface area contributed by atoms with E-state index in [2.05, 4.69) is 4.99 Å². The van der Waals surface area contributed by atoms with Crippen LogP contribution in [0.25, 0.3) is 0 Å². The fourth-order valence-electron chi connectivity index (χ4n) is 2.94. The summed E-state index contributed by atoms with van der Waals surface area (Å²) in [5.41, 5.74) is 0.529.